The first-order valence-electron chi connectivity index (χ1n) is 6.63. The minimum absolute atomic E-state index is 0. The smallest absolute Gasteiger partial charge is 0.306 e. The van der Waals surface area contributed by atoms with Gasteiger partial charge >= 0.3 is 5.97 Å². The molecule has 5 heteroatoms. The predicted octanol–water partition coefficient (Wildman–Crippen LogP) is 2.28. The van der Waals surface area contributed by atoms with Crippen molar-refractivity contribution < 1.29 is 14.3 Å². The number of hydrogen-bond donors (Lipinski definition) is 1. The average Bonchev–Trinajstić information content (AvgIpc) is 2.45. The lowest BCUT2D eigenvalue weighted by Gasteiger charge is -2.04. The van der Waals surface area contributed by atoms with Gasteiger partial charge in [0.1, 0.15) is 5.78 Å². The largest absolute Gasteiger partial charge is 0.466 e. The van der Waals surface area contributed by atoms with Gasteiger partial charge in [-0.3, -0.25) is 9.59 Å². The Morgan fingerprint density at radius 1 is 1.05 bits per heavy atom. The number of ether oxygens (including phenoxy) is 1. The second kappa shape index (κ2) is 11.4. The topological polar surface area (TPSA) is 69.4 Å². The summed E-state index contributed by atoms with van der Waals surface area (Å²) in [6.07, 6.45) is 3.13. The van der Waals surface area contributed by atoms with Crippen LogP contribution in [0.25, 0.3) is 0 Å². The van der Waals surface area contributed by atoms with E-state index in [4.69, 9.17) is 10.5 Å². The molecule has 0 amide bonds. The van der Waals surface area contributed by atoms with Gasteiger partial charge in [-0.05, 0) is 24.8 Å². The lowest BCUT2D eigenvalue weighted by atomic mass is 10.1. The number of Topliss-reactive ketones (excluding diaryl/α,β-unsaturated/α-hetero) is 1. The number of aryl methyl sites for hydroxylation is 1. The minimum Gasteiger partial charge on any atom is -0.466 e. The monoisotopic (exact) mass is 299 g/mol. The van der Waals surface area contributed by atoms with Gasteiger partial charge in [0.05, 0.1) is 19.6 Å². The second-order valence-corrected chi connectivity index (χ2v) is 4.41. The Labute approximate surface area is 126 Å². The number of unbranched alkanes of at least 4 members (excludes halogenated alkanes) is 1. The van der Waals surface area contributed by atoms with Crippen LogP contribution in [0.1, 0.15) is 31.2 Å². The Morgan fingerprint density at radius 3 is 2.40 bits per heavy atom. The lowest BCUT2D eigenvalue weighted by molar-refractivity contribution is -0.144. The van der Waals surface area contributed by atoms with Crippen LogP contribution in [-0.4, -0.2) is 24.9 Å². The Bertz CT molecular complexity index is 395. The predicted molar refractivity (Wildman–Crippen MR) is 80.9 cm³/mol. The van der Waals surface area contributed by atoms with E-state index in [2.05, 4.69) is 12.1 Å². The van der Waals surface area contributed by atoms with Gasteiger partial charge in [-0.1, -0.05) is 30.3 Å². The highest BCUT2D eigenvalue weighted by Gasteiger charge is 2.06. The zero-order valence-corrected chi connectivity index (χ0v) is 12.4. The van der Waals surface area contributed by atoms with Crippen LogP contribution < -0.4 is 5.73 Å². The van der Waals surface area contributed by atoms with Crippen molar-refractivity contribution in [3.8, 4) is 0 Å². The molecule has 0 spiro atoms. The zero-order valence-electron chi connectivity index (χ0n) is 11.5. The van der Waals surface area contributed by atoms with Crippen molar-refractivity contribution in [3.63, 3.8) is 0 Å². The molecule has 20 heavy (non-hydrogen) atoms. The van der Waals surface area contributed by atoms with Crippen LogP contribution in [-0.2, 0) is 20.7 Å². The van der Waals surface area contributed by atoms with Gasteiger partial charge in [-0.25, -0.2) is 0 Å². The van der Waals surface area contributed by atoms with Crippen molar-refractivity contribution in [2.45, 2.75) is 32.1 Å². The quantitative estimate of drug-likeness (QED) is 0.561. The summed E-state index contributed by atoms with van der Waals surface area (Å²) in [4.78, 5) is 22.2. The van der Waals surface area contributed by atoms with Crippen LogP contribution in [0, 0.1) is 0 Å². The van der Waals surface area contributed by atoms with Crippen molar-refractivity contribution in [1.29, 1.82) is 0 Å². The number of carbonyl (C=O) groups is 2. The number of nitrogens with two attached hydrogens (primary N) is 1. The van der Waals surface area contributed by atoms with Crippen molar-refractivity contribution >= 4 is 24.2 Å². The van der Waals surface area contributed by atoms with Gasteiger partial charge in [0, 0.05) is 6.42 Å². The van der Waals surface area contributed by atoms with Gasteiger partial charge in [0.15, 0.2) is 0 Å². The third-order valence-corrected chi connectivity index (χ3v) is 2.80. The molecule has 2 N–H and O–H groups in total. The van der Waals surface area contributed by atoms with Crippen molar-refractivity contribution in [2.75, 3.05) is 13.2 Å². The van der Waals surface area contributed by atoms with E-state index < -0.39 is 0 Å². The van der Waals surface area contributed by atoms with E-state index in [1.54, 1.807) is 0 Å². The maximum Gasteiger partial charge on any atom is 0.306 e. The fourth-order valence-electron chi connectivity index (χ4n) is 1.68. The molecule has 0 bridgehead atoms. The van der Waals surface area contributed by atoms with Crippen LogP contribution in [0.2, 0.25) is 0 Å². The molecule has 1 rings (SSSR count). The molecule has 0 fully saturated rings. The Kier molecular flexibility index (Phi) is 10.6. The highest BCUT2D eigenvalue weighted by molar-refractivity contribution is 5.85. The minimum atomic E-state index is -0.318. The van der Waals surface area contributed by atoms with E-state index >= 15 is 0 Å². The van der Waals surface area contributed by atoms with Crippen LogP contribution in [0.3, 0.4) is 0 Å². The van der Waals surface area contributed by atoms with Crippen molar-refractivity contribution in [3.05, 3.63) is 35.9 Å². The number of esters is 1. The molecule has 1 aromatic carbocycles. The Morgan fingerprint density at radius 2 is 1.75 bits per heavy atom. The van der Waals surface area contributed by atoms with Gasteiger partial charge in [0.2, 0.25) is 0 Å². The summed E-state index contributed by atoms with van der Waals surface area (Å²) < 4.78 is 5.04. The first-order chi connectivity index (χ1) is 9.22. The zero-order chi connectivity index (χ0) is 13.9. The fraction of sp³-hybridized carbons (Fsp3) is 0.467. The highest BCUT2D eigenvalue weighted by Crippen LogP contribution is 2.05. The molecule has 112 valence electrons. The number of ketones is 1. The third-order valence-electron chi connectivity index (χ3n) is 2.80. The first kappa shape index (κ1) is 18.6. The summed E-state index contributed by atoms with van der Waals surface area (Å²) in [6.45, 7) is 0.410. The van der Waals surface area contributed by atoms with Crippen LogP contribution in [0.5, 0.6) is 0 Å². The van der Waals surface area contributed by atoms with E-state index in [0.717, 1.165) is 19.3 Å². The van der Waals surface area contributed by atoms with Crippen LogP contribution in [0.15, 0.2) is 30.3 Å². The molecular weight excluding hydrogens is 278 g/mol. The summed E-state index contributed by atoms with van der Waals surface area (Å²) in [6, 6.07) is 10.2. The highest BCUT2D eigenvalue weighted by atomic mass is 35.5. The molecule has 0 aliphatic heterocycles. The van der Waals surface area contributed by atoms with Gasteiger partial charge in [-0.15, -0.1) is 12.4 Å². The molecule has 1 aromatic rings. The number of rotatable bonds is 9. The average molecular weight is 300 g/mol. The lowest BCUT2D eigenvalue weighted by Crippen LogP contribution is -2.15. The SMILES string of the molecule is Cl.NCC(=O)CCC(=O)OCCCCc1ccccc1. The molecule has 0 heterocycles. The summed E-state index contributed by atoms with van der Waals surface area (Å²) >= 11 is 0. The van der Waals surface area contributed by atoms with E-state index in [9.17, 15) is 9.59 Å². The molecule has 0 saturated heterocycles. The van der Waals surface area contributed by atoms with E-state index in [1.165, 1.54) is 5.56 Å². The second-order valence-electron chi connectivity index (χ2n) is 4.41. The molecule has 0 unspecified atom stereocenters. The van der Waals surface area contributed by atoms with Crippen LogP contribution in [0.4, 0.5) is 0 Å². The number of benzene rings is 1. The fourth-order valence-corrected chi connectivity index (χ4v) is 1.68. The van der Waals surface area contributed by atoms with E-state index in [1.807, 2.05) is 18.2 Å². The van der Waals surface area contributed by atoms with Gasteiger partial charge < -0.3 is 10.5 Å². The summed E-state index contributed by atoms with van der Waals surface area (Å²) in [5.41, 5.74) is 6.45. The molecule has 0 aliphatic carbocycles. The van der Waals surface area contributed by atoms with Gasteiger partial charge in [0.25, 0.3) is 0 Å². The Balaban J connectivity index is 0.00000361. The number of halogens is 1. The number of carbonyl (C=O) groups excluding carboxylic acids is 2. The Hall–Kier alpha value is -1.39. The van der Waals surface area contributed by atoms with E-state index in [-0.39, 0.29) is 43.5 Å². The molecule has 0 aromatic heterocycles. The third kappa shape index (κ3) is 8.67. The maximum absolute atomic E-state index is 11.3. The molecule has 4 nitrogen and oxygen atoms in total. The van der Waals surface area contributed by atoms with Crippen molar-refractivity contribution in [1.82, 2.24) is 0 Å². The molecular formula is C15H22ClNO3. The van der Waals surface area contributed by atoms with E-state index in [0.29, 0.717) is 6.61 Å². The maximum atomic E-state index is 11.3. The van der Waals surface area contributed by atoms with Gasteiger partial charge in [-0.2, -0.15) is 0 Å². The number of hydrogen-bond acceptors (Lipinski definition) is 4. The standard InChI is InChI=1S/C15H21NO3.ClH/c16-12-14(17)9-10-15(18)19-11-5-4-8-13-6-2-1-3-7-13;/h1-3,6-7H,4-5,8-12,16H2;1H. The molecule has 0 atom stereocenters. The normalized spacial score (nSPS) is 9.65. The van der Waals surface area contributed by atoms with Crippen molar-refractivity contribution in [2.24, 2.45) is 5.73 Å². The molecule has 0 saturated carbocycles. The molecule has 0 radical (unpaired) electrons. The van der Waals surface area contributed by atoms with Crippen LogP contribution >= 0.6 is 12.4 Å². The summed E-state index contributed by atoms with van der Waals surface area (Å²) in [5, 5.41) is 0. The first-order valence-corrected chi connectivity index (χ1v) is 6.63. The summed E-state index contributed by atoms with van der Waals surface area (Å²) in [7, 11) is 0. The summed E-state index contributed by atoms with van der Waals surface area (Å²) in [5.74, 6) is -0.428. The molecule has 0 aliphatic rings.